The van der Waals surface area contributed by atoms with Crippen LogP contribution in [0.4, 0.5) is 0 Å². The minimum atomic E-state index is -0.0536. The Morgan fingerprint density at radius 3 is 2.38 bits per heavy atom. The van der Waals surface area contributed by atoms with Gasteiger partial charge in [-0.2, -0.15) is 0 Å². The first-order valence-corrected chi connectivity index (χ1v) is 10.5. The largest absolute Gasteiger partial charge is 0.393 e. The number of hydrogen-bond acceptors (Lipinski definition) is 2. The van der Waals surface area contributed by atoms with Crippen molar-refractivity contribution in [1.29, 1.82) is 0 Å². The maximum Gasteiger partial charge on any atom is 0.133 e. The molecule has 0 bridgehead atoms. The van der Waals surface area contributed by atoms with Crippen LogP contribution in [0.25, 0.3) is 0 Å². The molecule has 1 N–H and O–H groups in total. The number of fused-ring (bicyclic) bond motifs is 5. The van der Waals surface area contributed by atoms with Gasteiger partial charge in [0.05, 0.1) is 6.10 Å². The molecule has 0 radical (unpaired) electrons. The van der Waals surface area contributed by atoms with Crippen LogP contribution in [0.5, 0.6) is 0 Å². The highest BCUT2D eigenvalue weighted by atomic mass is 16.3. The van der Waals surface area contributed by atoms with Crippen molar-refractivity contribution >= 4 is 5.78 Å². The molecule has 0 saturated heterocycles. The smallest absolute Gasteiger partial charge is 0.133 e. The van der Waals surface area contributed by atoms with E-state index in [9.17, 15) is 9.90 Å². The van der Waals surface area contributed by atoms with Gasteiger partial charge in [0, 0.05) is 5.92 Å². The van der Waals surface area contributed by atoms with E-state index in [0.29, 0.717) is 23.0 Å². The third kappa shape index (κ3) is 2.20. The highest BCUT2D eigenvalue weighted by Gasteiger charge is 2.62. The van der Waals surface area contributed by atoms with E-state index in [1.54, 1.807) is 0 Å². The second-order valence-corrected chi connectivity index (χ2v) is 10.4. The Bertz CT molecular complexity index is 528. The fourth-order valence-corrected chi connectivity index (χ4v) is 8.46. The van der Waals surface area contributed by atoms with Crippen molar-refractivity contribution in [2.45, 2.75) is 85.2 Å². The summed E-state index contributed by atoms with van der Waals surface area (Å²) in [5, 5.41) is 10.1. The second-order valence-electron chi connectivity index (χ2n) is 10.4. The van der Waals surface area contributed by atoms with Gasteiger partial charge in [-0.3, -0.25) is 4.79 Å². The van der Waals surface area contributed by atoms with Crippen molar-refractivity contribution in [2.75, 3.05) is 0 Å². The second kappa shape index (κ2) is 5.56. The molecule has 0 aromatic carbocycles. The Morgan fingerprint density at radius 2 is 1.67 bits per heavy atom. The van der Waals surface area contributed by atoms with E-state index in [0.717, 1.165) is 36.5 Å². The lowest BCUT2D eigenvalue weighted by atomic mass is 9.44. The monoisotopic (exact) mass is 332 g/mol. The van der Waals surface area contributed by atoms with E-state index in [1.807, 2.05) is 6.92 Å². The summed E-state index contributed by atoms with van der Waals surface area (Å²) in [5.41, 5.74) is 0.699. The molecule has 9 atom stereocenters. The van der Waals surface area contributed by atoms with Crippen LogP contribution in [0.15, 0.2) is 0 Å². The summed E-state index contributed by atoms with van der Waals surface area (Å²) in [6.45, 7) is 9.16. The number of ketones is 1. The summed E-state index contributed by atoms with van der Waals surface area (Å²) in [4.78, 5) is 12.4. The number of aliphatic hydroxyl groups is 1. The van der Waals surface area contributed by atoms with Gasteiger partial charge in [0.1, 0.15) is 5.78 Å². The Hall–Kier alpha value is -0.370. The zero-order valence-corrected chi connectivity index (χ0v) is 16.1. The van der Waals surface area contributed by atoms with Crippen LogP contribution in [-0.2, 0) is 4.79 Å². The minimum Gasteiger partial charge on any atom is -0.393 e. The van der Waals surface area contributed by atoms with Gasteiger partial charge in [-0.25, -0.2) is 0 Å². The molecule has 4 aliphatic carbocycles. The summed E-state index contributed by atoms with van der Waals surface area (Å²) >= 11 is 0. The molecule has 4 aliphatic rings. The molecule has 0 aromatic heterocycles. The standard InChI is InChI=1S/C22H36O2/c1-13-11-19-17-6-5-15-12-16(24)7-9-21(15,3)18(17)8-10-22(19,4)20(13)14(2)23/h13,15-20,24H,5-12H2,1-4H3/t13-,15+,16-,17-,18+,19-,20+,21+,22-/m1/s1. The van der Waals surface area contributed by atoms with Crippen LogP contribution >= 0.6 is 0 Å². The van der Waals surface area contributed by atoms with Crippen molar-refractivity contribution in [3.63, 3.8) is 0 Å². The van der Waals surface area contributed by atoms with E-state index in [4.69, 9.17) is 0 Å². The van der Waals surface area contributed by atoms with Crippen LogP contribution in [0.2, 0.25) is 0 Å². The number of aliphatic hydroxyl groups excluding tert-OH is 1. The molecule has 4 rings (SSSR count). The van der Waals surface area contributed by atoms with E-state index >= 15 is 0 Å². The molecule has 2 nitrogen and oxygen atoms in total. The quantitative estimate of drug-likeness (QED) is 0.746. The highest BCUT2D eigenvalue weighted by molar-refractivity contribution is 5.80. The Balaban J connectivity index is 1.64. The zero-order chi connectivity index (χ0) is 17.3. The summed E-state index contributed by atoms with van der Waals surface area (Å²) in [7, 11) is 0. The maximum atomic E-state index is 12.4. The third-order valence-electron chi connectivity index (χ3n) is 9.42. The van der Waals surface area contributed by atoms with Gasteiger partial charge < -0.3 is 5.11 Å². The van der Waals surface area contributed by atoms with Crippen molar-refractivity contribution in [3.8, 4) is 0 Å². The van der Waals surface area contributed by atoms with E-state index in [-0.39, 0.29) is 11.5 Å². The molecule has 24 heavy (non-hydrogen) atoms. The normalized spacial score (nSPS) is 57.0. The zero-order valence-electron chi connectivity index (χ0n) is 16.1. The molecule has 0 unspecified atom stereocenters. The molecule has 0 heterocycles. The lowest BCUT2D eigenvalue weighted by molar-refractivity contribution is -0.139. The molecule has 0 amide bonds. The predicted molar refractivity (Wildman–Crippen MR) is 96.5 cm³/mol. The first kappa shape index (κ1) is 17.1. The van der Waals surface area contributed by atoms with Crippen LogP contribution in [0.1, 0.15) is 79.1 Å². The van der Waals surface area contributed by atoms with Gasteiger partial charge in [0.2, 0.25) is 0 Å². The summed E-state index contributed by atoms with van der Waals surface area (Å²) in [6.07, 6.45) is 9.69. The Kier molecular flexibility index (Phi) is 3.95. The average molecular weight is 333 g/mol. The molecule has 4 fully saturated rings. The molecular formula is C22H36O2. The number of rotatable bonds is 1. The van der Waals surface area contributed by atoms with Crippen molar-refractivity contribution < 1.29 is 9.90 Å². The van der Waals surface area contributed by atoms with E-state index < -0.39 is 0 Å². The molecular weight excluding hydrogens is 296 g/mol. The molecule has 0 spiro atoms. The van der Waals surface area contributed by atoms with Crippen molar-refractivity contribution in [2.24, 2.45) is 46.3 Å². The van der Waals surface area contributed by atoms with Crippen LogP contribution < -0.4 is 0 Å². The Labute approximate surface area is 147 Å². The van der Waals surface area contributed by atoms with Crippen LogP contribution in [-0.4, -0.2) is 17.0 Å². The molecule has 0 aromatic rings. The number of carbonyl (C=O) groups is 1. The summed E-state index contributed by atoms with van der Waals surface area (Å²) in [6, 6.07) is 0. The van der Waals surface area contributed by atoms with Gasteiger partial charge in [0.25, 0.3) is 0 Å². The lowest BCUT2D eigenvalue weighted by Gasteiger charge is -2.60. The molecule has 4 saturated carbocycles. The predicted octanol–water partition coefficient (Wildman–Crippen LogP) is 4.84. The number of Topliss-reactive ketones (excluding diaryl/α,β-unsaturated/α-hetero) is 1. The summed E-state index contributed by atoms with van der Waals surface area (Å²) < 4.78 is 0. The van der Waals surface area contributed by atoms with Gasteiger partial charge in [-0.05, 0) is 98.7 Å². The summed E-state index contributed by atoms with van der Waals surface area (Å²) in [5.74, 6) is 4.44. The Morgan fingerprint density at radius 1 is 0.958 bits per heavy atom. The first-order valence-electron chi connectivity index (χ1n) is 10.5. The fourth-order valence-electron chi connectivity index (χ4n) is 8.46. The van der Waals surface area contributed by atoms with Gasteiger partial charge >= 0.3 is 0 Å². The van der Waals surface area contributed by atoms with Crippen LogP contribution in [0.3, 0.4) is 0 Å². The van der Waals surface area contributed by atoms with E-state index in [2.05, 4.69) is 20.8 Å². The fraction of sp³-hybridized carbons (Fsp3) is 0.955. The molecule has 0 aliphatic heterocycles. The average Bonchev–Trinajstić information content (AvgIpc) is 2.78. The lowest BCUT2D eigenvalue weighted by Crippen LogP contribution is -2.54. The maximum absolute atomic E-state index is 12.4. The highest BCUT2D eigenvalue weighted by Crippen LogP contribution is 2.68. The first-order chi connectivity index (χ1) is 11.3. The van der Waals surface area contributed by atoms with Gasteiger partial charge in [-0.1, -0.05) is 20.8 Å². The van der Waals surface area contributed by atoms with Crippen molar-refractivity contribution in [3.05, 3.63) is 0 Å². The number of carbonyl (C=O) groups excluding carboxylic acids is 1. The SMILES string of the molecule is CC(=O)[C@@H]1[C@H](C)C[C@@H]2[C@@H]3CC[C@H]4C[C@H](O)CC[C@]4(C)[C@H]3CC[C@]21C. The third-order valence-corrected chi connectivity index (χ3v) is 9.42. The van der Waals surface area contributed by atoms with Crippen LogP contribution in [0, 0.1) is 46.3 Å². The minimum absolute atomic E-state index is 0.0536. The van der Waals surface area contributed by atoms with Gasteiger partial charge in [0.15, 0.2) is 0 Å². The molecule has 136 valence electrons. The molecule has 2 heteroatoms. The number of hydrogen-bond donors (Lipinski definition) is 1. The topological polar surface area (TPSA) is 37.3 Å². The van der Waals surface area contributed by atoms with E-state index in [1.165, 1.54) is 38.5 Å². The van der Waals surface area contributed by atoms with Crippen molar-refractivity contribution in [1.82, 2.24) is 0 Å². The van der Waals surface area contributed by atoms with Gasteiger partial charge in [-0.15, -0.1) is 0 Å².